The molecule has 0 amide bonds. The summed E-state index contributed by atoms with van der Waals surface area (Å²) in [5.41, 5.74) is 1.86. The zero-order chi connectivity index (χ0) is 10.8. The Morgan fingerprint density at radius 1 is 0.733 bits per heavy atom. The lowest BCUT2D eigenvalue weighted by Crippen LogP contribution is -1.79. The number of hydrogen-bond acceptors (Lipinski definition) is 0. The van der Waals surface area contributed by atoms with E-state index in [9.17, 15) is 0 Å². The second kappa shape index (κ2) is 4.44. The maximum absolute atomic E-state index is 6.08. The van der Waals surface area contributed by atoms with E-state index in [1.807, 2.05) is 30.3 Å². The Morgan fingerprint density at radius 2 is 1.47 bits per heavy atom. The molecule has 0 spiro atoms. The summed E-state index contributed by atoms with van der Waals surface area (Å²) in [7, 11) is 0. The van der Waals surface area contributed by atoms with Gasteiger partial charge in [-0.15, -0.1) is 0 Å². The summed E-state index contributed by atoms with van der Waals surface area (Å²) in [5.74, 6) is 0. The SMILES string of the molecule is Clc1cccc(-c2cc(Cl)ccc2Cl)c1. The predicted molar refractivity (Wildman–Crippen MR) is 66.9 cm³/mol. The Morgan fingerprint density at radius 3 is 2.20 bits per heavy atom. The smallest absolute Gasteiger partial charge is 0.0485 e. The third-order valence-corrected chi connectivity index (χ3v) is 2.86. The van der Waals surface area contributed by atoms with Gasteiger partial charge in [0, 0.05) is 20.6 Å². The summed E-state index contributed by atoms with van der Waals surface area (Å²) in [4.78, 5) is 0. The fourth-order valence-corrected chi connectivity index (χ4v) is 1.96. The van der Waals surface area contributed by atoms with Gasteiger partial charge in [-0.25, -0.2) is 0 Å². The summed E-state index contributed by atoms with van der Waals surface area (Å²) in [6.45, 7) is 0. The van der Waals surface area contributed by atoms with Crippen LogP contribution in [0.4, 0.5) is 0 Å². The molecule has 0 heterocycles. The third kappa shape index (κ3) is 2.46. The quantitative estimate of drug-likeness (QED) is 0.649. The minimum atomic E-state index is 0.661. The van der Waals surface area contributed by atoms with Crippen LogP contribution in [0.2, 0.25) is 15.1 Å². The maximum atomic E-state index is 6.08. The zero-order valence-corrected chi connectivity index (χ0v) is 9.94. The van der Waals surface area contributed by atoms with Crippen molar-refractivity contribution in [3.63, 3.8) is 0 Å². The Labute approximate surface area is 103 Å². The largest absolute Gasteiger partial charge is 0.0843 e. The lowest BCUT2D eigenvalue weighted by atomic mass is 10.1. The molecule has 2 aromatic carbocycles. The van der Waals surface area contributed by atoms with Crippen LogP contribution in [0, 0.1) is 0 Å². The van der Waals surface area contributed by atoms with Gasteiger partial charge in [-0.05, 0) is 35.9 Å². The minimum Gasteiger partial charge on any atom is -0.0843 e. The van der Waals surface area contributed by atoms with Crippen LogP contribution in [0.15, 0.2) is 42.5 Å². The molecule has 0 nitrogen and oxygen atoms in total. The first kappa shape index (κ1) is 10.8. The first-order valence-electron chi connectivity index (χ1n) is 4.38. The molecule has 0 bridgehead atoms. The van der Waals surface area contributed by atoms with Gasteiger partial charge in [0.15, 0.2) is 0 Å². The fourth-order valence-electron chi connectivity index (χ4n) is 1.37. The van der Waals surface area contributed by atoms with E-state index in [2.05, 4.69) is 0 Å². The van der Waals surface area contributed by atoms with Crippen molar-refractivity contribution >= 4 is 34.8 Å². The van der Waals surface area contributed by atoms with Crippen molar-refractivity contribution < 1.29 is 0 Å². The van der Waals surface area contributed by atoms with Crippen molar-refractivity contribution in [2.45, 2.75) is 0 Å². The Bertz CT molecular complexity index is 492. The molecule has 0 radical (unpaired) electrons. The zero-order valence-electron chi connectivity index (χ0n) is 7.68. The van der Waals surface area contributed by atoms with Crippen molar-refractivity contribution in [3.8, 4) is 11.1 Å². The van der Waals surface area contributed by atoms with E-state index < -0.39 is 0 Å². The summed E-state index contributed by atoms with van der Waals surface area (Å²) >= 11 is 17.9. The van der Waals surface area contributed by atoms with Crippen molar-refractivity contribution in [2.75, 3.05) is 0 Å². The molecule has 76 valence electrons. The molecule has 0 aromatic heterocycles. The highest BCUT2D eigenvalue weighted by Gasteiger charge is 2.04. The monoisotopic (exact) mass is 256 g/mol. The van der Waals surface area contributed by atoms with E-state index in [1.54, 1.807) is 12.1 Å². The maximum Gasteiger partial charge on any atom is 0.0485 e. The standard InChI is InChI=1S/C12H7Cl3/c13-9-3-1-2-8(6-9)11-7-10(14)4-5-12(11)15/h1-7H. The molecular weight excluding hydrogens is 250 g/mol. The van der Waals surface area contributed by atoms with E-state index in [-0.39, 0.29) is 0 Å². The van der Waals surface area contributed by atoms with Crippen LogP contribution in [-0.4, -0.2) is 0 Å². The fraction of sp³-hybridized carbons (Fsp3) is 0. The number of halogens is 3. The topological polar surface area (TPSA) is 0 Å². The van der Waals surface area contributed by atoms with Crippen LogP contribution in [-0.2, 0) is 0 Å². The van der Waals surface area contributed by atoms with Gasteiger partial charge in [-0.2, -0.15) is 0 Å². The highest BCUT2D eigenvalue weighted by molar-refractivity contribution is 6.35. The van der Waals surface area contributed by atoms with E-state index in [0.717, 1.165) is 11.1 Å². The molecule has 0 saturated heterocycles. The molecule has 3 heteroatoms. The predicted octanol–water partition coefficient (Wildman–Crippen LogP) is 5.31. The molecule has 2 aromatic rings. The molecule has 15 heavy (non-hydrogen) atoms. The average molecular weight is 258 g/mol. The van der Waals surface area contributed by atoms with Crippen molar-refractivity contribution in [1.29, 1.82) is 0 Å². The second-order valence-electron chi connectivity index (χ2n) is 3.13. The summed E-state index contributed by atoms with van der Waals surface area (Å²) in [6, 6.07) is 12.9. The van der Waals surface area contributed by atoms with E-state index in [0.29, 0.717) is 15.1 Å². The van der Waals surface area contributed by atoms with Crippen LogP contribution in [0.1, 0.15) is 0 Å². The average Bonchev–Trinajstić information content (AvgIpc) is 2.22. The molecule has 0 N–H and O–H groups in total. The lowest BCUT2D eigenvalue weighted by molar-refractivity contribution is 1.62. The van der Waals surface area contributed by atoms with Crippen LogP contribution in [0.25, 0.3) is 11.1 Å². The highest BCUT2D eigenvalue weighted by atomic mass is 35.5. The number of benzene rings is 2. The Balaban J connectivity index is 2.58. The van der Waals surface area contributed by atoms with Gasteiger partial charge in [0.25, 0.3) is 0 Å². The molecule has 0 unspecified atom stereocenters. The summed E-state index contributed by atoms with van der Waals surface area (Å²) in [6.07, 6.45) is 0. The van der Waals surface area contributed by atoms with Gasteiger partial charge in [0.1, 0.15) is 0 Å². The Hall–Kier alpha value is -0.690. The summed E-state index contributed by atoms with van der Waals surface area (Å²) < 4.78 is 0. The van der Waals surface area contributed by atoms with Gasteiger partial charge in [-0.1, -0.05) is 46.9 Å². The molecule has 0 fully saturated rings. The highest BCUT2D eigenvalue weighted by Crippen LogP contribution is 2.31. The first-order chi connectivity index (χ1) is 7.16. The van der Waals surface area contributed by atoms with Crippen LogP contribution >= 0.6 is 34.8 Å². The molecular formula is C12H7Cl3. The second-order valence-corrected chi connectivity index (χ2v) is 4.41. The minimum absolute atomic E-state index is 0.661. The van der Waals surface area contributed by atoms with E-state index in [4.69, 9.17) is 34.8 Å². The van der Waals surface area contributed by atoms with Crippen LogP contribution in [0.5, 0.6) is 0 Å². The molecule has 0 saturated carbocycles. The molecule has 0 aliphatic rings. The summed E-state index contributed by atoms with van der Waals surface area (Å²) in [5, 5.41) is 2.01. The lowest BCUT2D eigenvalue weighted by Gasteiger charge is -2.05. The van der Waals surface area contributed by atoms with Gasteiger partial charge < -0.3 is 0 Å². The van der Waals surface area contributed by atoms with Gasteiger partial charge >= 0.3 is 0 Å². The number of rotatable bonds is 1. The van der Waals surface area contributed by atoms with Crippen LogP contribution in [0.3, 0.4) is 0 Å². The van der Waals surface area contributed by atoms with Crippen molar-refractivity contribution in [2.24, 2.45) is 0 Å². The molecule has 2 rings (SSSR count). The van der Waals surface area contributed by atoms with Crippen molar-refractivity contribution in [3.05, 3.63) is 57.5 Å². The van der Waals surface area contributed by atoms with Crippen molar-refractivity contribution in [1.82, 2.24) is 0 Å². The van der Waals surface area contributed by atoms with Gasteiger partial charge in [0.05, 0.1) is 0 Å². The molecule has 0 aliphatic heterocycles. The van der Waals surface area contributed by atoms with Gasteiger partial charge in [0.2, 0.25) is 0 Å². The molecule has 0 atom stereocenters. The molecule has 0 aliphatic carbocycles. The van der Waals surface area contributed by atoms with E-state index in [1.165, 1.54) is 0 Å². The van der Waals surface area contributed by atoms with Crippen LogP contribution < -0.4 is 0 Å². The number of hydrogen-bond donors (Lipinski definition) is 0. The first-order valence-corrected chi connectivity index (χ1v) is 5.51. The van der Waals surface area contributed by atoms with Gasteiger partial charge in [-0.3, -0.25) is 0 Å². The third-order valence-electron chi connectivity index (χ3n) is 2.06. The normalized spacial score (nSPS) is 10.3. The Kier molecular flexibility index (Phi) is 3.20. The van der Waals surface area contributed by atoms with E-state index >= 15 is 0 Å².